The fourth-order valence-electron chi connectivity index (χ4n) is 3.24. The van der Waals surface area contributed by atoms with Gasteiger partial charge in [0.1, 0.15) is 11.9 Å². The first-order chi connectivity index (χ1) is 15.2. The zero-order chi connectivity index (χ0) is 21.2. The van der Waals surface area contributed by atoms with Gasteiger partial charge in [-0.3, -0.25) is 4.79 Å². The van der Waals surface area contributed by atoms with E-state index in [1.165, 1.54) is 12.1 Å². The summed E-state index contributed by atoms with van der Waals surface area (Å²) >= 11 is 0. The van der Waals surface area contributed by atoms with Crippen molar-refractivity contribution in [2.75, 3.05) is 6.79 Å². The summed E-state index contributed by atoms with van der Waals surface area (Å²) < 4.78 is 30.0. The summed E-state index contributed by atoms with van der Waals surface area (Å²) in [5.41, 5.74) is 1.72. The SMILES string of the molecule is O=C(N[C@H](c1ccc(F)cc1)c1nnc(-c2ccccc2)o1)c1ccc2c(c1)OCO2. The fourth-order valence-corrected chi connectivity index (χ4v) is 3.24. The Morgan fingerprint density at radius 3 is 2.52 bits per heavy atom. The molecule has 1 aromatic heterocycles. The smallest absolute Gasteiger partial charge is 0.252 e. The number of aromatic nitrogens is 2. The van der Waals surface area contributed by atoms with Crippen molar-refractivity contribution < 1.29 is 23.1 Å². The van der Waals surface area contributed by atoms with Crippen molar-refractivity contribution >= 4 is 5.91 Å². The Morgan fingerprint density at radius 2 is 1.71 bits per heavy atom. The number of benzene rings is 3. The summed E-state index contributed by atoms with van der Waals surface area (Å²) in [5, 5.41) is 11.1. The van der Waals surface area contributed by atoms with Crippen molar-refractivity contribution in [3.63, 3.8) is 0 Å². The highest BCUT2D eigenvalue weighted by atomic mass is 19.1. The monoisotopic (exact) mass is 417 g/mol. The third-order valence-corrected chi connectivity index (χ3v) is 4.82. The van der Waals surface area contributed by atoms with E-state index in [4.69, 9.17) is 13.9 Å². The van der Waals surface area contributed by atoms with Gasteiger partial charge in [-0.1, -0.05) is 30.3 Å². The van der Waals surface area contributed by atoms with E-state index in [2.05, 4.69) is 15.5 Å². The highest BCUT2D eigenvalue weighted by molar-refractivity contribution is 5.95. The van der Waals surface area contributed by atoms with Crippen LogP contribution in [-0.2, 0) is 0 Å². The first-order valence-corrected chi connectivity index (χ1v) is 9.52. The van der Waals surface area contributed by atoms with E-state index < -0.39 is 6.04 Å². The minimum absolute atomic E-state index is 0.114. The van der Waals surface area contributed by atoms with Gasteiger partial charge in [-0.15, -0.1) is 10.2 Å². The topological polar surface area (TPSA) is 86.5 Å². The van der Waals surface area contributed by atoms with E-state index in [1.54, 1.807) is 30.3 Å². The number of halogens is 1. The number of carbonyl (C=O) groups excluding carboxylic acids is 1. The number of nitrogens with one attached hydrogen (secondary N) is 1. The molecule has 154 valence electrons. The summed E-state index contributed by atoms with van der Waals surface area (Å²) in [4.78, 5) is 13.0. The Kier molecular flexibility index (Phi) is 4.80. The number of ether oxygens (including phenoxy) is 2. The predicted molar refractivity (Wildman–Crippen MR) is 108 cm³/mol. The largest absolute Gasteiger partial charge is 0.454 e. The summed E-state index contributed by atoms with van der Waals surface area (Å²) in [7, 11) is 0. The molecular weight excluding hydrogens is 401 g/mol. The average molecular weight is 417 g/mol. The first kappa shape index (κ1) is 18.8. The van der Waals surface area contributed by atoms with E-state index >= 15 is 0 Å². The maximum Gasteiger partial charge on any atom is 0.252 e. The second kappa shape index (κ2) is 7.91. The maximum atomic E-state index is 13.5. The van der Waals surface area contributed by atoms with Crippen LogP contribution in [0.4, 0.5) is 4.39 Å². The lowest BCUT2D eigenvalue weighted by Gasteiger charge is -2.16. The van der Waals surface area contributed by atoms with Crippen molar-refractivity contribution in [1.29, 1.82) is 0 Å². The van der Waals surface area contributed by atoms with Crippen LogP contribution in [0.2, 0.25) is 0 Å². The Labute approximate surface area is 176 Å². The van der Waals surface area contributed by atoms with Crippen LogP contribution >= 0.6 is 0 Å². The van der Waals surface area contributed by atoms with Crippen LogP contribution in [0.25, 0.3) is 11.5 Å². The summed E-state index contributed by atoms with van der Waals surface area (Å²) in [6, 6.07) is 19.2. The lowest BCUT2D eigenvalue weighted by atomic mass is 10.1. The molecule has 1 amide bonds. The van der Waals surface area contributed by atoms with E-state index in [0.717, 1.165) is 5.56 Å². The van der Waals surface area contributed by atoms with E-state index in [-0.39, 0.29) is 24.4 Å². The van der Waals surface area contributed by atoms with Crippen molar-refractivity contribution in [1.82, 2.24) is 15.5 Å². The molecule has 0 unspecified atom stereocenters. The fraction of sp³-hybridized carbons (Fsp3) is 0.0870. The van der Waals surface area contributed by atoms with Crippen LogP contribution in [0, 0.1) is 5.82 Å². The Hall–Kier alpha value is -4.20. The van der Waals surface area contributed by atoms with Gasteiger partial charge < -0.3 is 19.2 Å². The molecule has 8 heteroatoms. The highest BCUT2D eigenvalue weighted by Gasteiger charge is 2.25. The molecule has 0 aliphatic carbocycles. The summed E-state index contributed by atoms with van der Waals surface area (Å²) in [6.45, 7) is 0.114. The molecule has 0 spiro atoms. The third-order valence-electron chi connectivity index (χ3n) is 4.82. The number of carbonyl (C=O) groups is 1. The minimum atomic E-state index is -0.775. The van der Waals surface area contributed by atoms with Crippen LogP contribution in [0.3, 0.4) is 0 Å². The lowest BCUT2D eigenvalue weighted by Crippen LogP contribution is -2.29. The molecule has 1 atom stereocenters. The molecule has 0 fully saturated rings. The van der Waals surface area contributed by atoms with Crippen molar-refractivity contribution in [2.24, 2.45) is 0 Å². The molecule has 2 heterocycles. The van der Waals surface area contributed by atoms with E-state index in [9.17, 15) is 9.18 Å². The third kappa shape index (κ3) is 3.83. The van der Waals surface area contributed by atoms with E-state index in [1.807, 2.05) is 30.3 Å². The zero-order valence-electron chi connectivity index (χ0n) is 16.1. The minimum Gasteiger partial charge on any atom is -0.454 e. The number of rotatable bonds is 5. The Morgan fingerprint density at radius 1 is 0.935 bits per heavy atom. The van der Waals surface area contributed by atoms with Gasteiger partial charge in [-0.05, 0) is 48.0 Å². The molecule has 1 N–H and O–H groups in total. The second-order valence-electron chi connectivity index (χ2n) is 6.84. The Balaban J connectivity index is 1.47. The molecule has 1 aliphatic rings. The van der Waals surface area contributed by atoms with Crippen molar-refractivity contribution in [3.05, 3.63) is 95.6 Å². The molecule has 0 radical (unpaired) electrons. The highest BCUT2D eigenvalue weighted by Crippen LogP contribution is 2.33. The second-order valence-corrected chi connectivity index (χ2v) is 6.84. The van der Waals surface area contributed by atoms with Crippen molar-refractivity contribution in [3.8, 4) is 23.0 Å². The predicted octanol–water partition coefficient (Wildman–Crippen LogP) is 4.12. The molecule has 3 aromatic carbocycles. The van der Waals surface area contributed by atoms with Gasteiger partial charge in [-0.2, -0.15) is 0 Å². The molecule has 31 heavy (non-hydrogen) atoms. The molecule has 1 aliphatic heterocycles. The van der Waals surface area contributed by atoms with E-state index in [0.29, 0.717) is 28.5 Å². The van der Waals surface area contributed by atoms with Gasteiger partial charge in [0.25, 0.3) is 5.91 Å². The quantitative estimate of drug-likeness (QED) is 0.526. The van der Waals surface area contributed by atoms with Gasteiger partial charge in [0.2, 0.25) is 18.6 Å². The Bertz CT molecular complexity index is 1230. The summed E-state index contributed by atoms with van der Waals surface area (Å²) in [5.74, 6) is 0.804. The van der Waals surface area contributed by atoms with Gasteiger partial charge in [0.05, 0.1) is 0 Å². The van der Waals surface area contributed by atoms with Crippen LogP contribution in [0.5, 0.6) is 11.5 Å². The number of fused-ring (bicyclic) bond motifs is 1. The van der Waals surface area contributed by atoms with Crippen LogP contribution < -0.4 is 14.8 Å². The van der Waals surface area contributed by atoms with Crippen LogP contribution in [0.1, 0.15) is 27.9 Å². The van der Waals surface area contributed by atoms with Crippen molar-refractivity contribution in [2.45, 2.75) is 6.04 Å². The molecule has 7 nitrogen and oxygen atoms in total. The number of hydrogen-bond donors (Lipinski definition) is 1. The van der Waals surface area contributed by atoms with Crippen LogP contribution in [0.15, 0.2) is 77.2 Å². The molecule has 4 aromatic rings. The zero-order valence-corrected chi connectivity index (χ0v) is 16.1. The molecule has 0 saturated carbocycles. The lowest BCUT2D eigenvalue weighted by molar-refractivity contribution is 0.0937. The number of hydrogen-bond acceptors (Lipinski definition) is 6. The van der Waals surface area contributed by atoms with Gasteiger partial charge in [0, 0.05) is 11.1 Å². The summed E-state index contributed by atoms with van der Waals surface area (Å²) in [6.07, 6.45) is 0. The number of nitrogens with zero attached hydrogens (tertiary/aromatic N) is 2. The van der Waals surface area contributed by atoms with Crippen LogP contribution in [-0.4, -0.2) is 22.9 Å². The molecular formula is C23H16FN3O4. The molecule has 0 bridgehead atoms. The average Bonchev–Trinajstić information content (AvgIpc) is 3.48. The number of amides is 1. The standard InChI is InChI=1S/C23H16FN3O4/c24-17-9-6-14(7-10-17)20(23-27-26-22(31-23)15-4-2-1-3-5-15)25-21(28)16-8-11-18-19(12-16)30-13-29-18/h1-12,20H,13H2,(H,25,28)/t20-/m1/s1. The maximum absolute atomic E-state index is 13.5. The van der Waals surface area contributed by atoms with Gasteiger partial charge in [0.15, 0.2) is 11.5 Å². The molecule has 5 rings (SSSR count). The van der Waals surface area contributed by atoms with Gasteiger partial charge >= 0.3 is 0 Å². The molecule has 0 saturated heterocycles. The normalized spacial score (nSPS) is 13.1. The first-order valence-electron chi connectivity index (χ1n) is 9.52. The van der Waals surface area contributed by atoms with Gasteiger partial charge in [-0.25, -0.2) is 4.39 Å².